The molecule has 0 radical (unpaired) electrons. The van der Waals surface area contributed by atoms with Crippen LogP contribution in [0.2, 0.25) is 0 Å². The molecule has 48 heavy (non-hydrogen) atoms. The van der Waals surface area contributed by atoms with Gasteiger partial charge in [-0.2, -0.15) is 27.2 Å². The van der Waals surface area contributed by atoms with Crippen molar-refractivity contribution < 1.29 is 36.6 Å². The quantitative estimate of drug-likeness (QED) is 0.271. The van der Waals surface area contributed by atoms with Gasteiger partial charge in [0.2, 0.25) is 0 Å². The summed E-state index contributed by atoms with van der Waals surface area (Å²) in [5.41, 5.74) is 0.548. The zero-order valence-corrected chi connectivity index (χ0v) is 26.3. The molecule has 5 atom stereocenters. The average Bonchev–Trinajstić information content (AvgIpc) is 3.33. The number of carbonyl (C=O) groups is 2. The number of hydrogen-bond acceptors (Lipinski definition) is 4. The van der Waals surface area contributed by atoms with Gasteiger partial charge in [0.15, 0.2) is 5.78 Å². The fraction of sp³-hybridized carbons (Fsp3) is 0.432. The van der Waals surface area contributed by atoms with Crippen molar-refractivity contribution in [1.82, 2.24) is 5.32 Å². The predicted octanol–water partition coefficient (Wildman–Crippen LogP) is 8.22. The number of halogens is 5. The Labute approximate surface area is 275 Å². The van der Waals surface area contributed by atoms with Gasteiger partial charge in [0, 0.05) is 30.0 Å². The van der Waals surface area contributed by atoms with Crippen LogP contribution in [0.25, 0.3) is 6.08 Å². The third kappa shape index (κ3) is 5.64. The molecule has 3 N–H and O–H groups in total. The molecule has 2 aromatic carbocycles. The van der Waals surface area contributed by atoms with Gasteiger partial charge in [-0.25, -0.2) is 4.79 Å². The van der Waals surface area contributed by atoms with Crippen LogP contribution >= 0.6 is 0 Å². The molecule has 2 amide bonds. The first kappa shape index (κ1) is 33.6. The van der Waals surface area contributed by atoms with Gasteiger partial charge in [-0.15, -0.1) is 0 Å². The van der Waals surface area contributed by atoms with Gasteiger partial charge in [-0.05, 0) is 103 Å². The molecule has 0 spiro atoms. The second-order valence-electron chi connectivity index (χ2n) is 13.6. The Kier molecular flexibility index (Phi) is 8.61. The number of aliphatic hydroxyl groups is 1. The van der Waals surface area contributed by atoms with Crippen LogP contribution in [-0.4, -0.2) is 41.2 Å². The van der Waals surface area contributed by atoms with Gasteiger partial charge in [0.25, 0.3) is 0 Å². The number of alkyl halides is 5. The molecule has 0 aliphatic heterocycles. The SMILES string of the molecule is C[C@]12C[C@H](c3ccc(/C=C/CNC(=O)Nc4ccc(C#N)cc4)cc3)C3=C4CCC(=O)C=C4CC[C@H]3[C@@H]1CC[C@@]2(O)C(F)(F)C(F)(F)F. The summed E-state index contributed by atoms with van der Waals surface area (Å²) in [5.74, 6) is -6.60. The number of fused-ring (bicyclic) bond motifs is 4. The summed E-state index contributed by atoms with van der Waals surface area (Å²) in [6.45, 7) is 1.63. The van der Waals surface area contributed by atoms with Crippen molar-refractivity contribution in [3.63, 3.8) is 0 Å². The van der Waals surface area contributed by atoms with Gasteiger partial charge in [0.1, 0.15) is 5.60 Å². The minimum atomic E-state index is -5.90. The van der Waals surface area contributed by atoms with E-state index in [-0.39, 0.29) is 31.1 Å². The third-order valence-corrected chi connectivity index (χ3v) is 11.1. The van der Waals surface area contributed by atoms with E-state index in [9.17, 15) is 27.9 Å². The maximum Gasteiger partial charge on any atom is 0.456 e. The fourth-order valence-electron chi connectivity index (χ4n) is 8.70. The highest BCUT2D eigenvalue weighted by Crippen LogP contribution is 2.70. The molecular formula is C37H36F5N3O3. The maximum absolute atomic E-state index is 15.2. The highest BCUT2D eigenvalue weighted by Gasteiger charge is 2.79. The molecular weight excluding hydrogens is 629 g/mol. The lowest BCUT2D eigenvalue weighted by Gasteiger charge is -2.56. The second kappa shape index (κ2) is 12.3. The van der Waals surface area contributed by atoms with Crippen molar-refractivity contribution in [2.24, 2.45) is 17.3 Å². The van der Waals surface area contributed by atoms with E-state index >= 15 is 8.78 Å². The number of allylic oxidation sites excluding steroid dienone is 4. The Morgan fingerprint density at radius 2 is 1.75 bits per heavy atom. The lowest BCUT2D eigenvalue weighted by molar-refractivity contribution is -0.362. The van der Waals surface area contributed by atoms with Crippen LogP contribution in [0.5, 0.6) is 0 Å². The summed E-state index contributed by atoms with van der Waals surface area (Å²) in [6, 6.07) is 15.3. The molecule has 11 heteroatoms. The lowest BCUT2D eigenvalue weighted by atomic mass is 9.50. The number of nitriles is 1. The molecule has 2 saturated carbocycles. The maximum atomic E-state index is 15.2. The molecule has 4 aliphatic rings. The molecule has 0 aromatic heterocycles. The Balaban J connectivity index is 1.25. The standard InChI is InChI=1S/C37H36F5N3O3/c1-34-20-30(24-8-4-22(5-9-24)3-2-18-44-33(47)45-26-11-6-23(21-43)7-12-26)32-28-15-13-27(46)19-25(28)10-14-29(32)31(34)16-17-35(34,48)36(38,39)37(40,41)42/h2-9,11-12,19,29-31,48H,10,13-18,20H2,1H3,(H2,44,45,47)/b3-2+/t29-,30+,31-,34-,35-/m0/s1. The number of carbonyl (C=O) groups excluding carboxylic acids is 2. The van der Waals surface area contributed by atoms with Gasteiger partial charge in [-0.3, -0.25) is 4.79 Å². The van der Waals surface area contributed by atoms with Crippen LogP contribution in [0.1, 0.15) is 74.5 Å². The van der Waals surface area contributed by atoms with Crippen LogP contribution in [0.4, 0.5) is 32.4 Å². The van der Waals surface area contributed by atoms with E-state index in [4.69, 9.17) is 5.26 Å². The highest BCUT2D eigenvalue weighted by atomic mass is 19.4. The second-order valence-corrected chi connectivity index (χ2v) is 13.6. The molecule has 0 bridgehead atoms. The number of urea groups is 1. The third-order valence-electron chi connectivity index (χ3n) is 11.1. The normalized spacial score (nSPS) is 28.7. The Morgan fingerprint density at radius 3 is 2.42 bits per heavy atom. The van der Waals surface area contributed by atoms with E-state index in [0.29, 0.717) is 36.9 Å². The number of ketones is 1. The summed E-state index contributed by atoms with van der Waals surface area (Å²) in [7, 11) is 0. The van der Waals surface area contributed by atoms with E-state index in [1.807, 2.05) is 30.3 Å². The molecule has 252 valence electrons. The van der Waals surface area contributed by atoms with Crippen molar-refractivity contribution in [3.05, 3.63) is 94.1 Å². The van der Waals surface area contributed by atoms with E-state index in [1.165, 1.54) is 6.92 Å². The van der Waals surface area contributed by atoms with Gasteiger partial charge in [0.05, 0.1) is 11.6 Å². The van der Waals surface area contributed by atoms with Gasteiger partial charge < -0.3 is 15.7 Å². The van der Waals surface area contributed by atoms with Crippen LogP contribution in [0.3, 0.4) is 0 Å². The first-order valence-corrected chi connectivity index (χ1v) is 16.1. The zero-order valence-electron chi connectivity index (χ0n) is 26.3. The number of rotatable bonds is 6. The Morgan fingerprint density at radius 1 is 1.04 bits per heavy atom. The molecule has 6 nitrogen and oxygen atoms in total. The minimum absolute atomic E-state index is 0.0300. The highest BCUT2D eigenvalue weighted by molar-refractivity contribution is 5.93. The van der Waals surface area contributed by atoms with Gasteiger partial charge >= 0.3 is 18.1 Å². The van der Waals surface area contributed by atoms with E-state index < -0.39 is 47.4 Å². The van der Waals surface area contributed by atoms with Crippen molar-refractivity contribution in [2.45, 2.75) is 75.5 Å². The predicted molar refractivity (Wildman–Crippen MR) is 170 cm³/mol. The topological polar surface area (TPSA) is 102 Å². The van der Waals surface area contributed by atoms with Crippen LogP contribution in [0.15, 0.2) is 77.4 Å². The zero-order chi connectivity index (χ0) is 34.5. The summed E-state index contributed by atoms with van der Waals surface area (Å²) in [6.07, 6.45) is 0.540. The summed E-state index contributed by atoms with van der Waals surface area (Å²) < 4.78 is 71.8. The molecule has 2 aromatic rings. The van der Waals surface area contributed by atoms with Gasteiger partial charge in [-0.1, -0.05) is 48.9 Å². The molecule has 2 fully saturated rings. The minimum Gasteiger partial charge on any atom is -0.383 e. The Bertz CT molecular complexity index is 1740. The van der Waals surface area contributed by atoms with E-state index in [1.54, 1.807) is 42.5 Å². The number of nitrogens with one attached hydrogen (secondary N) is 2. The fourth-order valence-corrected chi connectivity index (χ4v) is 8.70. The smallest absolute Gasteiger partial charge is 0.383 e. The van der Waals surface area contributed by atoms with E-state index in [0.717, 1.165) is 27.8 Å². The number of benzene rings is 2. The average molecular weight is 666 g/mol. The van der Waals surface area contributed by atoms with Crippen LogP contribution in [0, 0.1) is 28.6 Å². The molecule has 0 saturated heterocycles. The van der Waals surface area contributed by atoms with Crippen LogP contribution < -0.4 is 10.6 Å². The van der Waals surface area contributed by atoms with Crippen molar-refractivity contribution in [3.8, 4) is 6.07 Å². The van der Waals surface area contributed by atoms with Crippen LogP contribution in [-0.2, 0) is 4.79 Å². The number of hydrogen-bond donors (Lipinski definition) is 3. The lowest BCUT2D eigenvalue weighted by Crippen LogP contribution is -2.65. The summed E-state index contributed by atoms with van der Waals surface area (Å²) in [5, 5.41) is 25.7. The monoisotopic (exact) mass is 665 g/mol. The Hall–Kier alpha value is -4.30. The first-order chi connectivity index (χ1) is 22.7. The molecule has 4 aliphatic carbocycles. The van der Waals surface area contributed by atoms with Crippen molar-refractivity contribution >= 4 is 23.6 Å². The molecule has 0 heterocycles. The van der Waals surface area contributed by atoms with Crippen molar-refractivity contribution in [2.75, 3.05) is 11.9 Å². The molecule has 0 unspecified atom stereocenters. The number of amides is 2. The summed E-state index contributed by atoms with van der Waals surface area (Å²) >= 11 is 0. The first-order valence-electron chi connectivity index (χ1n) is 16.1. The number of nitrogens with zero attached hydrogens (tertiary/aromatic N) is 1. The van der Waals surface area contributed by atoms with E-state index in [2.05, 4.69) is 10.6 Å². The summed E-state index contributed by atoms with van der Waals surface area (Å²) in [4.78, 5) is 24.5. The molecule has 6 rings (SSSR count). The largest absolute Gasteiger partial charge is 0.456 e. The van der Waals surface area contributed by atoms with Crippen molar-refractivity contribution in [1.29, 1.82) is 5.26 Å². The number of anilines is 1.